The van der Waals surface area contributed by atoms with Gasteiger partial charge in [-0.2, -0.15) is 0 Å². The van der Waals surface area contributed by atoms with Crippen LogP contribution in [0.1, 0.15) is 113 Å². The van der Waals surface area contributed by atoms with Gasteiger partial charge < -0.3 is 10.2 Å². The van der Waals surface area contributed by atoms with Crippen LogP contribution >= 0.6 is 0 Å². The molecular weight excluding hydrogens is 380 g/mol. The van der Waals surface area contributed by atoms with Crippen molar-refractivity contribution in [2.45, 2.75) is 125 Å². The molecule has 4 aliphatic rings. The minimum Gasteiger partial charge on any atom is -0.393 e. The molecule has 2 N–H and O–H groups in total. The lowest BCUT2D eigenvalue weighted by molar-refractivity contribution is -0.0941. The van der Waals surface area contributed by atoms with E-state index in [4.69, 9.17) is 0 Å². The minimum atomic E-state index is -0.172. The molecule has 2 saturated carbocycles. The number of rotatable bonds is 5. The summed E-state index contributed by atoms with van der Waals surface area (Å²) >= 11 is 0. The number of hydrogen-bond acceptors (Lipinski definition) is 2. The fourth-order valence-corrected chi connectivity index (χ4v) is 9.33. The molecule has 0 aromatic carbocycles. The normalized spacial score (nSPS) is 45.3. The van der Waals surface area contributed by atoms with Crippen molar-refractivity contribution in [3.63, 3.8) is 0 Å². The van der Waals surface area contributed by atoms with Crippen LogP contribution in [0.15, 0.2) is 11.1 Å². The molecule has 178 valence electrons. The van der Waals surface area contributed by atoms with Gasteiger partial charge in [-0.1, -0.05) is 78.9 Å². The van der Waals surface area contributed by atoms with Crippen molar-refractivity contribution in [3.8, 4) is 0 Å². The molecule has 0 saturated heterocycles. The van der Waals surface area contributed by atoms with Crippen molar-refractivity contribution in [1.82, 2.24) is 0 Å². The highest BCUT2D eigenvalue weighted by Gasteiger charge is 2.61. The average molecular weight is 431 g/mol. The molecule has 0 radical (unpaired) electrons. The lowest BCUT2D eigenvalue weighted by atomic mass is 9.45. The van der Waals surface area contributed by atoms with E-state index in [0.29, 0.717) is 23.7 Å². The Balaban J connectivity index is 1.61. The summed E-state index contributed by atoms with van der Waals surface area (Å²) in [7, 11) is 0. The molecule has 2 nitrogen and oxygen atoms in total. The summed E-state index contributed by atoms with van der Waals surface area (Å²) in [6, 6.07) is 0. The zero-order valence-corrected chi connectivity index (χ0v) is 21.5. The topological polar surface area (TPSA) is 40.5 Å². The molecule has 0 amide bonds. The Bertz CT molecular complexity index is 706. The summed E-state index contributed by atoms with van der Waals surface area (Å²) in [5.41, 5.74) is 3.84. The van der Waals surface area contributed by atoms with Crippen LogP contribution in [0.4, 0.5) is 0 Å². The molecule has 0 heterocycles. The minimum absolute atomic E-state index is 0.00592. The highest BCUT2D eigenvalue weighted by Crippen LogP contribution is 2.68. The van der Waals surface area contributed by atoms with E-state index in [1.807, 2.05) is 0 Å². The number of hydrogen-bond donors (Lipinski definition) is 2. The summed E-state index contributed by atoms with van der Waals surface area (Å²) in [6.45, 7) is 16.8. The smallest absolute Gasteiger partial charge is 0.0613 e. The predicted octanol–water partition coefficient (Wildman–Crippen LogP) is 7.14. The molecule has 2 heteroatoms. The van der Waals surface area contributed by atoms with Gasteiger partial charge in [-0.25, -0.2) is 0 Å². The van der Waals surface area contributed by atoms with Crippen LogP contribution in [0.5, 0.6) is 0 Å². The van der Waals surface area contributed by atoms with Crippen molar-refractivity contribution in [2.24, 2.45) is 45.8 Å². The van der Waals surface area contributed by atoms with E-state index in [9.17, 15) is 10.2 Å². The number of aliphatic hydroxyl groups excluding tert-OH is 2. The lowest BCUT2D eigenvalue weighted by Gasteiger charge is -2.60. The molecule has 0 bridgehead atoms. The standard InChI is InChI=1S/C29H50O2/c1-18(2)9-8-10-19(3)22-17-23(30)26-20-11-12-24-27(4,5)25(31)14-16-28(24,6)21(20)13-15-29(22,26)7/h18-19,22-26,30-31H,8-17H2,1-7H3/t19-,22-,23+,24?,25+,26-,28-,29-/m1/s1. The first-order valence-electron chi connectivity index (χ1n) is 13.5. The van der Waals surface area contributed by atoms with E-state index in [2.05, 4.69) is 48.5 Å². The summed E-state index contributed by atoms with van der Waals surface area (Å²) < 4.78 is 0. The van der Waals surface area contributed by atoms with Gasteiger partial charge in [0.05, 0.1) is 12.2 Å². The van der Waals surface area contributed by atoms with Crippen molar-refractivity contribution in [1.29, 1.82) is 0 Å². The van der Waals surface area contributed by atoms with Gasteiger partial charge in [-0.05, 0) is 84.9 Å². The molecule has 31 heavy (non-hydrogen) atoms. The molecule has 0 aromatic heterocycles. The Morgan fingerprint density at radius 1 is 0.935 bits per heavy atom. The van der Waals surface area contributed by atoms with Crippen molar-refractivity contribution in [2.75, 3.05) is 0 Å². The van der Waals surface area contributed by atoms with Gasteiger partial charge in [0, 0.05) is 5.92 Å². The van der Waals surface area contributed by atoms with Gasteiger partial charge in [0.1, 0.15) is 0 Å². The van der Waals surface area contributed by atoms with E-state index in [1.165, 1.54) is 38.5 Å². The third-order valence-electron chi connectivity index (χ3n) is 11.1. The highest BCUT2D eigenvalue weighted by atomic mass is 16.3. The highest BCUT2D eigenvalue weighted by molar-refractivity contribution is 5.36. The second-order valence-corrected chi connectivity index (χ2v) is 13.6. The van der Waals surface area contributed by atoms with Gasteiger partial charge >= 0.3 is 0 Å². The first kappa shape index (κ1) is 23.8. The number of aliphatic hydroxyl groups is 2. The molecule has 8 atom stereocenters. The Morgan fingerprint density at radius 2 is 1.65 bits per heavy atom. The fraction of sp³-hybridized carbons (Fsp3) is 0.931. The van der Waals surface area contributed by atoms with E-state index in [0.717, 1.165) is 31.6 Å². The first-order valence-corrected chi connectivity index (χ1v) is 13.5. The largest absolute Gasteiger partial charge is 0.393 e. The van der Waals surface area contributed by atoms with Gasteiger partial charge in [-0.3, -0.25) is 0 Å². The zero-order chi connectivity index (χ0) is 22.8. The second kappa shape index (κ2) is 8.15. The third kappa shape index (κ3) is 3.67. The number of fused-ring (bicyclic) bond motifs is 4. The zero-order valence-electron chi connectivity index (χ0n) is 21.5. The van der Waals surface area contributed by atoms with E-state index < -0.39 is 0 Å². The third-order valence-corrected chi connectivity index (χ3v) is 11.1. The maximum Gasteiger partial charge on any atom is 0.0613 e. The predicted molar refractivity (Wildman–Crippen MR) is 130 cm³/mol. The van der Waals surface area contributed by atoms with Crippen LogP contribution in [0.25, 0.3) is 0 Å². The summed E-state index contributed by atoms with van der Waals surface area (Å²) in [6.07, 6.45) is 11.5. The molecule has 2 fully saturated rings. The Morgan fingerprint density at radius 3 is 2.32 bits per heavy atom. The Labute approximate surface area is 192 Å². The molecule has 4 aliphatic carbocycles. The first-order chi connectivity index (χ1) is 14.4. The van der Waals surface area contributed by atoms with Gasteiger partial charge in [-0.15, -0.1) is 0 Å². The van der Waals surface area contributed by atoms with E-state index in [1.54, 1.807) is 11.1 Å². The molecule has 1 unspecified atom stereocenters. The number of allylic oxidation sites excluding steroid dienone is 1. The van der Waals surface area contributed by atoms with Crippen molar-refractivity contribution < 1.29 is 10.2 Å². The van der Waals surface area contributed by atoms with Gasteiger partial charge in [0.2, 0.25) is 0 Å². The molecule has 4 rings (SSSR count). The maximum atomic E-state index is 11.4. The maximum absolute atomic E-state index is 11.4. The van der Waals surface area contributed by atoms with Crippen LogP contribution in [-0.4, -0.2) is 22.4 Å². The second-order valence-electron chi connectivity index (χ2n) is 13.6. The summed E-state index contributed by atoms with van der Waals surface area (Å²) in [5.74, 6) is 3.10. The monoisotopic (exact) mass is 430 g/mol. The van der Waals surface area contributed by atoms with Crippen LogP contribution in [0.2, 0.25) is 0 Å². The SMILES string of the molecule is CC(C)CCC[C@@H](C)[C@H]1C[C@H](O)[C@H]2C3=C(CC[C@]12C)[C@@]1(C)CC[C@H](O)C(C)(C)C1CC3. The quantitative estimate of drug-likeness (QED) is 0.455. The van der Waals surface area contributed by atoms with E-state index in [-0.39, 0.29) is 28.5 Å². The van der Waals surface area contributed by atoms with Crippen molar-refractivity contribution >= 4 is 0 Å². The van der Waals surface area contributed by atoms with Gasteiger partial charge in [0.25, 0.3) is 0 Å². The Hall–Kier alpha value is -0.340. The van der Waals surface area contributed by atoms with Crippen molar-refractivity contribution in [3.05, 3.63) is 11.1 Å². The molecular formula is C29H50O2. The van der Waals surface area contributed by atoms with Crippen LogP contribution < -0.4 is 0 Å². The summed E-state index contributed by atoms with van der Waals surface area (Å²) in [5, 5.41) is 22.2. The molecule has 0 spiro atoms. The fourth-order valence-electron chi connectivity index (χ4n) is 9.33. The Kier molecular flexibility index (Phi) is 6.26. The average Bonchev–Trinajstić information content (AvgIpc) is 2.96. The van der Waals surface area contributed by atoms with Crippen LogP contribution in [0.3, 0.4) is 0 Å². The molecule has 0 aliphatic heterocycles. The lowest BCUT2D eigenvalue weighted by Crippen LogP contribution is -2.54. The van der Waals surface area contributed by atoms with E-state index >= 15 is 0 Å². The summed E-state index contributed by atoms with van der Waals surface area (Å²) in [4.78, 5) is 0. The van der Waals surface area contributed by atoms with Gasteiger partial charge in [0.15, 0.2) is 0 Å². The molecule has 0 aromatic rings. The van der Waals surface area contributed by atoms with Crippen LogP contribution in [-0.2, 0) is 0 Å². The van der Waals surface area contributed by atoms with Crippen LogP contribution in [0, 0.1) is 45.8 Å².